The molecular weight excluding hydrogens is 290 g/mol. The van der Waals surface area contributed by atoms with Crippen molar-refractivity contribution in [2.75, 3.05) is 20.1 Å². The summed E-state index contributed by atoms with van der Waals surface area (Å²) in [4.78, 5) is 14.4. The Balaban J connectivity index is 0.00000108. The van der Waals surface area contributed by atoms with Crippen LogP contribution in [0.15, 0.2) is 36.1 Å². The van der Waals surface area contributed by atoms with Crippen LogP contribution in [0.3, 0.4) is 0 Å². The first-order chi connectivity index (χ1) is 11.0. The first kappa shape index (κ1) is 20.8. The summed E-state index contributed by atoms with van der Waals surface area (Å²) in [5, 5.41) is 15.4. The minimum absolute atomic E-state index is 0.0206. The van der Waals surface area contributed by atoms with Gasteiger partial charge in [-0.15, -0.1) is 0 Å². The molecule has 6 nitrogen and oxygen atoms in total. The van der Waals surface area contributed by atoms with E-state index >= 15 is 0 Å². The van der Waals surface area contributed by atoms with Crippen molar-refractivity contribution in [3.63, 3.8) is 0 Å². The van der Waals surface area contributed by atoms with E-state index in [0.717, 1.165) is 44.8 Å². The molecule has 1 aliphatic rings. The van der Waals surface area contributed by atoms with Crippen LogP contribution in [0.2, 0.25) is 0 Å². The number of rotatable bonds is 5. The largest absolute Gasteiger partial charge is 0.398 e. The van der Waals surface area contributed by atoms with Gasteiger partial charge in [-0.25, -0.2) is 0 Å². The number of hydrogen-bond acceptors (Lipinski definition) is 5. The highest BCUT2D eigenvalue weighted by atomic mass is 16.2. The number of nitrogens with two attached hydrogens (primary N) is 1. The summed E-state index contributed by atoms with van der Waals surface area (Å²) in [5.74, 6) is -0.0206. The number of amides is 1. The molecule has 5 N–H and O–H groups in total. The van der Waals surface area contributed by atoms with Crippen LogP contribution in [-0.4, -0.2) is 49.4 Å². The molecular formula is C17H29N5O. The van der Waals surface area contributed by atoms with Gasteiger partial charge >= 0.3 is 0 Å². The first-order valence-electron chi connectivity index (χ1n) is 7.76. The zero-order chi connectivity index (χ0) is 17.7. The zero-order valence-electron chi connectivity index (χ0n) is 14.1. The van der Waals surface area contributed by atoms with E-state index < -0.39 is 0 Å². The third-order valence-electron chi connectivity index (χ3n) is 3.54. The predicted octanol–water partition coefficient (Wildman–Crippen LogP) is 1.85. The van der Waals surface area contributed by atoms with E-state index in [-0.39, 0.29) is 5.91 Å². The highest BCUT2D eigenvalue weighted by Crippen LogP contribution is 2.15. The topological polar surface area (TPSA) is 106 Å². The average molecular weight is 319 g/mol. The molecule has 1 rings (SSSR count). The van der Waals surface area contributed by atoms with Crippen LogP contribution in [-0.2, 0) is 4.79 Å². The van der Waals surface area contributed by atoms with E-state index in [4.69, 9.17) is 16.6 Å². The Bertz CT molecular complexity index is 462. The number of hydrogen-bond donors (Lipinski definition) is 4. The summed E-state index contributed by atoms with van der Waals surface area (Å²) in [5.41, 5.74) is 6.89. The lowest BCUT2D eigenvalue weighted by molar-refractivity contribution is -0.127. The smallest absolute Gasteiger partial charge is 0.255 e. The minimum Gasteiger partial charge on any atom is -0.398 e. The Labute approximate surface area is 139 Å². The van der Waals surface area contributed by atoms with Gasteiger partial charge in [0.1, 0.15) is 0 Å². The van der Waals surface area contributed by atoms with Crippen LogP contribution < -0.4 is 11.1 Å². The number of nitrogens with zero attached hydrogens (tertiary/aromatic N) is 1. The Kier molecular flexibility index (Phi) is 11.2. The van der Waals surface area contributed by atoms with Gasteiger partial charge < -0.3 is 26.8 Å². The second kappa shape index (κ2) is 12.3. The number of likely N-dealkylation sites (tertiary alicyclic amines) is 1. The lowest BCUT2D eigenvalue weighted by Crippen LogP contribution is -2.42. The maximum absolute atomic E-state index is 12.5. The third-order valence-corrected chi connectivity index (χ3v) is 3.54. The molecule has 1 aliphatic heterocycles. The number of nitrogens with one attached hydrogen (secondary N) is 3. The fourth-order valence-electron chi connectivity index (χ4n) is 2.33. The van der Waals surface area contributed by atoms with Gasteiger partial charge in [-0.1, -0.05) is 25.2 Å². The summed E-state index contributed by atoms with van der Waals surface area (Å²) in [6.07, 6.45) is 10.2. The molecule has 6 heteroatoms. The molecule has 128 valence electrons. The number of allylic oxidation sites excluding steroid dienone is 2. The Hall–Kier alpha value is -2.21. The van der Waals surface area contributed by atoms with Gasteiger partial charge in [-0.2, -0.15) is 0 Å². The molecule has 0 radical (unpaired) electrons. The summed E-state index contributed by atoms with van der Waals surface area (Å²) in [6, 6.07) is 0.362. The van der Waals surface area contributed by atoms with Crippen LogP contribution in [0.1, 0.15) is 26.2 Å². The van der Waals surface area contributed by atoms with Gasteiger partial charge in [0.05, 0.1) is 5.57 Å². The molecule has 1 atom stereocenters. The van der Waals surface area contributed by atoms with E-state index in [2.05, 4.69) is 11.9 Å². The quantitative estimate of drug-likeness (QED) is 0.353. The molecule has 1 heterocycles. The number of carbonyl (C=O) groups is 1. The first-order valence-corrected chi connectivity index (χ1v) is 7.76. The predicted molar refractivity (Wildman–Crippen MR) is 97.1 cm³/mol. The normalized spacial score (nSPS) is 19.0. The van der Waals surface area contributed by atoms with Crippen molar-refractivity contribution in [2.24, 2.45) is 5.73 Å². The van der Waals surface area contributed by atoms with E-state index in [0.29, 0.717) is 17.3 Å². The van der Waals surface area contributed by atoms with E-state index in [9.17, 15) is 4.79 Å². The summed E-state index contributed by atoms with van der Waals surface area (Å²) in [7, 11) is 1.94. The molecule has 23 heavy (non-hydrogen) atoms. The molecule has 0 aromatic heterocycles. The molecule has 0 bridgehead atoms. The van der Waals surface area contributed by atoms with Gasteiger partial charge in [-0.05, 0) is 32.9 Å². The summed E-state index contributed by atoms with van der Waals surface area (Å²) in [6.45, 7) is 7.11. The van der Waals surface area contributed by atoms with Gasteiger partial charge in [0, 0.05) is 37.3 Å². The molecule has 0 aromatic rings. The van der Waals surface area contributed by atoms with Gasteiger partial charge in [0.2, 0.25) is 0 Å². The van der Waals surface area contributed by atoms with Crippen molar-refractivity contribution in [3.8, 4) is 0 Å². The van der Waals surface area contributed by atoms with Crippen LogP contribution in [0.4, 0.5) is 0 Å². The second-order valence-corrected chi connectivity index (χ2v) is 5.14. The molecule has 0 spiro atoms. The summed E-state index contributed by atoms with van der Waals surface area (Å²) < 4.78 is 0. The monoisotopic (exact) mass is 319 g/mol. The van der Waals surface area contributed by atoms with Crippen LogP contribution in [0.5, 0.6) is 0 Å². The van der Waals surface area contributed by atoms with Crippen molar-refractivity contribution in [3.05, 3.63) is 36.1 Å². The van der Waals surface area contributed by atoms with Gasteiger partial charge in [0.15, 0.2) is 0 Å². The molecule has 0 saturated carbocycles. The number of likely N-dealkylation sites (N-methyl/N-ethyl adjacent to an activating group) is 1. The van der Waals surface area contributed by atoms with E-state index in [1.807, 2.05) is 24.9 Å². The van der Waals surface area contributed by atoms with E-state index in [1.54, 1.807) is 12.2 Å². The average Bonchev–Trinajstić information content (AvgIpc) is 2.81. The molecule has 0 aliphatic carbocycles. The zero-order valence-corrected chi connectivity index (χ0v) is 14.1. The van der Waals surface area contributed by atoms with E-state index in [1.165, 1.54) is 0 Å². The molecule has 1 amide bonds. The maximum atomic E-state index is 12.5. The van der Waals surface area contributed by atoms with Crippen LogP contribution in [0, 0.1) is 10.8 Å². The standard InChI is InChI=1S/C15H25N3O.C2H4N2/c1-4-8-14(16)13(5-2)15(19)18-10-7-6-9-12(11-18)17-3;3-1-2-4/h4-5,8,12,17H,2,6-7,9-11,16H2,1,3H3;1-4H/b8-4-,14-13-;. The molecule has 0 aromatic carbocycles. The maximum Gasteiger partial charge on any atom is 0.255 e. The second-order valence-electron chi connectivity index (χ2n) is 5.14. The number of carbonyl (C=O) groups excluding carboxylic acids is 1. The van der Waals surface area contributed by atoms with Gasteiger partial charge in [-0.3, -0.25) is 4.79 Å². The van der Waals surface area contributed by atoms with Crippen molar-refractivity contribution >= 4 is 18.3 Å². The Morgan fingerprint density at radius 2 is 2.00 bits per heavy atom. The summed E-state index contributed by atoms with van der Waals surface area (Å²) >= 11 is 0. The highest BCUT2D eigenvalue weighted by molar-refractivity contribution is 6.12. The third kappa shape index (κ3) is 7.56. The Morgan fingerprint density at radius 1 is 1.35 bits per heavy atom. The van der Waals surface area contributed by atoms with Gasteiger partial charge in [0.25, 0.3) is 5.91 Å². The fraction of sp³-hybridized carbons (Fsp3) is 0.471. The Morgan fingerprint density at radius 3 is 2.48 bits per heavy atom. The molecule has 1 fully saturated rings. The van der Waals surface area contributed by atoms with Crippen LogP contribution >= 0.6 is 0 Å². The molecule has 1 saturated heterocycles. The van der Waals surface area contributed by atoms with Crippen LogP contribution in [0.25, 0.3) is 0 Å². The fourth-order valence-corrected chi connectivity index (χ4v) is 2.33. The minimum atomic E-state index is -0.0206. The SMILES string of the molecule is C=C/C(C(=O)N1CCCCC(NC)C1)=C(N)\C=C/C.N=CC=N. The van der Waals surface area contributed by atoms with Crippen molar-refractivity contribution < 1.29 is 4.79 Å². The van der Waals surface area contributed by atoms with Crippen molar-refractivity contribution in [2.45, 2.75) is 32.2 Å². The lowest BCUT2D eigenvalue weighted by Gasteiger charge is -2.25. The van der Waals surface area contributed by atoms with Crippen molar-refractivity contribution in [1.29, 1.82) is 10.8 Å². The highest BCUT2D eigenvalue weighted by Gasteiger charge is 2.23. The molecule has 1 unspecified atom stereocenters. The van der Waals surface area contributed by atoms with Crippen molar-refractivity contribution in [1.82, 2.24) is 10.2 Å². The lowest BCUT2D eigenvalue weighted by atomic mass is 10.1.